The number of carbonyl (C=O) groups excluding carboxylic acids is 1. The fourth-order valence-corrected chi connectivity index (χ4v) is 3.00. The predicted molar refractivity (Wildman–Crippen MR) is 124 cm³/mol. The van der Waals surface area contributed by atoms with E-state index in [2.05, 4.69) is 15.3 Å². The number of carbonyl (C=O) groups is 1. The summed E-state index contributed by atoms with van der Waals surface area (Å²) in [5, 5.41) is 12.2. The minimum atomic E-state index is -0.339. The summed E-state index contributed by atoms with van der Waals surface area (Å²) in [5.74, 6) is 1.06. The SMILES string of the molecule is CCOc1ccc(NC(=O)COc2ccc(-c3nc(N)nc(N)c3C#N)cc2OCC)cc1. The maximum atomic E-state index is 12.3. The van der Waals surface area contributed by atoms with Gasteiger partial charge >= 0.3 is 0 Å². The zero-order chi connectivity index (χ0) is 23.8. The van der Waals surface area contributed by atoms with Gasteiger partial charge in [0.25, 0.3) is 5.91 Å². The molecule has 10 heteroatoms. The molecule has 5 N–H and O–H groups in total. The Morgan fingerprint density at radius 1 is 1.00 bits per heavy atom. The molecule has 170 valence electrons. The number of nitrogens with two attached hydrogens (primary N) is 2. The Balaban J connectivity index is 1.75. The van der Waals surface area contributed by atoms with Crippen LogP contribution in [-0.4, -0.2) is 35.7 Å². The number of hydrogen-bond donors (Lipinski definition) is 3. The van der Waals surface area contributed by atoms with Crippen LogP contribution in [0.25, 0.3) is 11.3 Å². The molecular formula is C23H24N6O4. The zero-order valence-corrected chi connectivity index (χ0v) is 18.3. The van der Waals surface area contributed by atoms with Gasteiger partial charge in [0, 0.05) is 11.3 Å². The van der Waals surface area contributed by atoms with Crippen molar-refractivity contribution in [2.75, 3.05) is 36.6 Å². The Bertz CT molecular complexity index is 1170. The van der Waals surface area contributed by atoms with Gasteiger partial charge in [0.2, 0.25) is 5.95 Å². The molecule has 0 aliphatic carbocycles. The monoisotopic (exact) mass is 448 g/mol. The average molecular weight is 448 g/mol. The number of benzene rings is 2. The van der Waals surface area contributed by atoms with Crippen molar-refractivity contribution >= 4 is 23.4 Å². The molecule has 0 saturated heterocycles. The highest BCUT2D eigenvalue weighted by Crippen LogP contribution is 2.34. The first-order chi connectivity index (χ1) is 15.9. The molecule has 0 radical (unpaired) electrons. The Morgan fingerprint density at radius 3 is 2.39 bits per heavy atom. The number of ether oxygens (including phenoxy) is 3. The van der Waals surface area contributed by atoms with Crippen molar-refractivity contribution in [3.8, 4) is 34.6 Å². The van der Waals surface area contributed by atoms with Gasteiger partial charge in [-0.2, -0.15) is 10.2 Å². The summed E-state index contributed by atoms with van der Waals surface area (Å²) < 4.78 is 16.7. The van der Waals surface area contributed by atoms with E-state index >= 15 is 0 Å². The molecule has 1 amide bonds. The lowest BCUT2D eigenvalue weighted by Gasteiger charge is -2.14. The third-order valence-electron chi connectivity index (χ3n) is 4.39. The van der Waals surface area contributed by atoms with Crippen molar-refractivity contribution < 1.29 is 19.0 Å². The summed E-state index contributed by atoms with van der Waals surface area (Å²) in [6.07, 6.45) is 0. The second-order valence-electron chi connectivity index (χ2n) is 6.69. The Morgan fingerprint density at radius 2 is 1.73 bits per heavy atom. The molecule has 0 unspecified atom stereocenters. The van der Waals surface area contributed by atoms with Gasteiger partial charge in [0.1, 0.15) is 23.2 Å². The van der Waals surface area contributed by atoms with Crippen LogP contribution in [-0.2, 0) is 4.79 Å². The molecule has 2 aromatic carbocycles. The van der Waals surface area contributed by atoms with Crippen LogP contribution in [0.1, 0.15) is 19.4 Å². The fourth-order valence-electron chi connectivity index (χ4n) is 3.00. The molecule has 10 nitrogen and oxygen atoms in total. The molecule has 33 heavy (non-hydrogen) atoms. The lowest BCUT2D eigenvalue weighted by Crippen LogP contribution is -2.20. The van der Waals surface area contributed by atoms with Crippen molar-refractivity contribution in [1.82, 2.24) is 9.97 Å². The first-order valence-electron chi connectivity index (χ1n) is 10.2. The highest BCUT2D eigenvalue weighted by atomic mass is 16.5. The smallest absolute Gasteiger partial charge is 0.262 e. The summed E-state index contributed by atoms with van der Waals surface area (Å²) >= 11 is 0. The quantitative estimate of drug-likeness (QED) is 0.447. The van der Waals surface area contributed by atoms with E-state index < -0.39 is 0 Å². The number of hydrogen-bond acceptors (Lipinski definition) is 9. The van der Waals surface area contributed by atoms with Crippen molar-refractivity contribution in [2.24, 2.45) is 0 Å². The van der Waals surface area contributed by atoms with Gasteiger partial charge in [-0.1, -0.05) is 0 Å². The summed E-state index contributed by atoms with van der Waals surface area (Å²) in [5.41, 5.74) is 13.1. The van der Waals surface area contributed by atoms with Gasteiger partial charge in [0.05, 0.1) is 18.9 Å². The minimum absolute atomic E-state index is 0.00996. The minimum Gasteiger partial charge on any atom is -0.494 e. The maximum Gasteiger partial charge on any atom is 0.262 e. The van der Waals surface area contributed by atoms with E-state index in [4.69, 9.17) is 25.7 Å². The molecule has 3 aromatic rings. The van der Waals surface area contributed by atoms with Crippen LogP contribution in [0.3, 0.4) is 0 Å². The largest absolute Gasteiger partial charge is 0.494 e. The molecule has 0 atom stereocenters. The van der Waals surface area contributed by atoms with Gasteiger partial charge in [-0.3, -0.25) is 4.79 Å². The Hall–Kier alpha value is -4.52. The van der Waals surface area contributed by atoms with Crippen LogP contribution in [0, 0.1) is 11.3 Å². The molecule has 0 fully saturated rings. The Kier molecular flexibility index (Phi) is 7.49. The first kappa shape index (κ1) is 23.1. The van der Waals surface area contributed by atoms with Crippen LogP contribution >= 0.6 is 0 Å². The summed E-state index contributed by atoms with van der Waals surface area (Å²) in [6, 6.07) is 14.0. The van der Waals surface area contributed by atoms with E-state index in [-0.39, 0.29) is 35.5 Å². The van der Waals surface area contributed by atoms with Gasteiger partial charge in [-0.25, -0.2) is 4.98 Å². The van der Waals surface area contributed by atoms with E-state index in [9.17, 15) is 10.1 Å². The highest BCUT2D eigenvalue weighted by molar-refractivity contribution is 5.92. The summed E-state index contributed by atoms with van der Waals surface area (Å²) in [6.45, 7) is 4.41. The second-order valence-corrected chi connectivity index (χ2v) is 6.69. The van der Waals surface area contributed by atoms with Crippen molar-refractivity contribution in [3.63, 3.8) is 0 Å². The third kappa shape index (κ3) is 5.80. The van der Waals surface area contributed by atoms with E-state index in [1.165, 1.54) is 0 Å². The average Bonchev–Trinajstić information content (AvgIpc) is 2.79. The summed E-state index contributed by atoms with van der Waals surface area (Å²) in [4.78, 5) is 20.3. The van der Waals surface area contributed by atoms with Crippen LogP contribution in [0.4, 0.5) is 17.5 Å². The van der Waals surface area contributed by atoms with Crippen LogP contribution in [0.2, 0.25) is 0 Å². The molecule has 0 saturated carbocycles. The van der Waals surface area contributed by atoms with Crippen molar-refractivity contribution in [1.29, 1.82) is 5.26 Å². The van der Waals surface area contributed by atoms with E-state index in [1.54, 1.807) is 42.5 Å². The van der Waals surface area contributed by atoms with E-state index in [0.717, 1.165) is 5.75 Å². The molecule has 0 bridgehead atoms. The van der Waals surface area contributed by atoms with Crippen LogP contribution < -0.4 is 31.0 Å². The van der Waals surface area contributed by atoms with Gasteiger partial charge in [-0.05, 0) is 56.3 Å². The number of anilines is 3. The number of aromatic nitrogens is 2. The van der Waals surface area contributed by atoms with Gasteiger partial charge < -0.3 is 31.0 Å². The molecule has 0 spiro atoms. The second kappa shape index (κ2) is 10.7. The molecule has 1 aromatic heterocycles. The van der Waals surface area contributed by atoms with Gasteiger partial charge in [0.15, 0.2) is 18.1 Å². The first-order valence-corrected chi connectivity index (χ1v) is 10.2. The molecule has 3 rings (SSSR count). The van der Waals surface area contributed by atoms with Crippen molar-refractivity contribution in [3.05, 3.63) is 48.0 Å². The molecular weight excluding hydrogens is 424 g/mol. The Labute approximate surface area is 191 Å². The topological polar surface area (TPSA) is 158 Å². The predicted octanol–water partition coefficient (Wildman–Crippen LogP) is 2.99. The molecule has 1 heterocycles. The number of nitriles is 1. The lowest BCUT2D eigenvalue weighted by atomic mass is 10.1. The van der Waals surface area contributed by atoms with Crippen LogP contribution in [0.15, 0.2) is 42.5 Å². The van der Waals surface area contributed by atoms with Gasteiger partial charge in [-0.15, -0.1) is 0 Å². The summed E-state index contributed by atoms with van der Waals surface area (Å²) in [7, 11) is 0. The fraction of sp³-hybridized carbons (Fsp3) is 0.217. The maximum absolute atomic E-state index is 12.3. The van der Waals surface area contributed by atoms with Crippen molar-refractivity contribution in [2.45, 2.75) is 13.8 Å². The number of nitrogens with zero attached hydrogens (tertiary/aromatic N) is 3. The van der Waals surface area contributed by atoms with Crippen LogP contribution in [0.5, 0.6) is 17.2 Å². The highest BCUT2D eigenvalue weighted by Gasteiger charge is 2.16. The lowest BCUT2D eigenvalue weighted by molar-refractivity contribution is -0.118. The van der Waals surface area contributed by atoms with E-state index in [0.29, 0.717) is 36.0 Å². The number of nitrogens with one attached hydrogen (secondary N) is 1. The third-order valence-corrected chi connectivity index (χ3v) is 4.39. The normalized spacial score (nSPS) is 10.2. The number of rotatable bonds is 9. The zero-order valence-electron chi connectivity index (χ0n) is 18.3. The molecule has 0 aliphatic rings. The number of amides is 1. The standard InChI is InChI=1S/C23H24N6O4/c1-3-31-16-8-6-15(7-9-16)27-20(30)13-33-18-10-5-14(11-19(18)32-4-2)21-17(12-24)22(25)29-23(26)28-21/h5-11H,3-4,13H2,1-2H3,(H,27,30)(H4,25,26,28,29). The van der Waals surface area contributed by atoms with E-state index in [1.807, 2.05) is 19.9 Å². The number of nitrogen functional groups attached to an aromatic ring is 2. The molecule has 0 aliphatic heterocycles.